The highest BCUT2D eigenvalue weighted by Gasteiger charge is 2.11. The molecule has 1 aromatic carbocycles. The van der Waals surface area contributed by atoms with Crippen LogP contribution in [-0.2, 0) is 4.74 Å². The van der Waals surface area contributed by atoms with Gasteiger partial charge < -0.3 is 15.3 Å². The molecule has 0 saturated heterocycles. The normalized spacial score (nSPS) is 10.7. The Morgan fingerprint density at radius 2 is 2.00 bits per heavy atom. The molecule has 1 heterocycles. The maximum atomic E-state index is 6.02. The van der Waals surface area contributed by atoms with E-state index in [4.69, 9.17) is 15.3 Å². The molecule has 0 bridgehead atoms. The summed E-state index contributed by atoms with van der Waals surface area (Å²) in [5.74, 6) is 8.24. The number of nitrogen functional groups attached to an aromatic ring is 1. The minimum atomic E-state index is 0.631. The van der Waals surface area contributed by atoms with E-state index >= 15 is 0 Å². The van der Waals surface area contributed by atoms with Gasteiger partial charge in [0.15, 0.2) is 5.82 Å². The van der Waals surface area contributed by atoms with Gasteiger partial charge in [-0.1, -0.05) is 11.8 Å². The van der Waals surface area contributed by atoms with Gasteiger partial charge in [-0.2, -0.15) is 0 Å². The van der Waals surface area contributed by atoms with Gasteiger partial charge in [0, 0.05) is 17.9 Å². The summed E-state index contributed by atoms with van der Waals surface area (Å²) < 4.78 is 11.9. The Kier molecular flexibility index (Phi) is 5.25. The van der Waals surface area contributed by atoms with Crippen LogP contribution in [0.3, 0.4) is 0 Å². The molecule has 0 atom stereocenters. The third-order valence-corrected chi connectivity index (χ3v) is 3.58. The van der Waals surface area contributed by atoms with Crippen LogP contribution in [0.5, 0.6) is 5.75 Å². The van der Waals surface area contributed by atoms with Gasteiger partial charge in [-0.3, -0.25) is 0 Å². The molecular formula is C13H18N4O2S. The topological polar surface area (TPSA) is 75.2 Å². The first kappa shape index (κ1) is 14.7. The average Bonchev–Trinajstić information content (AvgIpc) is 2.85. The molecule has 0 saturated carbocycles. The van der Waals surface area contributed by atoms with Crippen LogP contribution in [0.1, 0.15) is 6.92 Å². The molecule has 7 heteroatoms. The van der Waals surface area contributed by atoms with Gasteiger partial charge in [0.1, 0.15) is 5.75 Å². The molecule has 0 aliphatic rings. The highest BCUT2D eigenvalue weighted by Crippen LogP contribution is 2.23. The lowest BCUT2D eigenvalue weighted by Gasteiger charge is -2.05. The quantitative estimate of drug-likeness (QED) is 0.477. The van der Waals surface area contributed by atoms with Crippen molar-refractivity contribution in [3.63, 3.8) is 0 Å². The molecule has 0 unspecified atom stereocenters. The molecule has 0 fully saturated rings. The number of hydrogen-bond donors (Lipinski definition) is 1. The second-order valence-corrected chi connectivity index (χ2v) is 5.01. The van der Waals surface area contributed by atoms with E-state index in [2.05, 4.69) is 10.2 Å². The molecule has 2 aromatic rings. The van der Waals surface area contributed by atoms with Crippen LogP contribution in [0, 0.1) is 0 Å². The maximum Gasteiger partial charge on any atom is 0.210 e. The second kappa shape index (κ2) is 7.16. The highest BCUT2D eigenvalue weighted by molar-refractivity contribution is 7.99. The summed E-state index contributed by atoms with van der Waals surface area (Å²) in [5.41, 5.74) is 0.900. The molecule has 6 nitrogen and oxygen atoms in total. The predicted molar refractivity (Wildman–Crippen MR) is 79.4 cm³/mol. The van der Waals surface area contributed by atoms with Crippen molar-refractivity contribution in [2.24, 2.45) is 0 Å². The number of thioether (sulfide) groups is 1. The molecule has 108 valence electrons. The Bertz CT molecular complexity index is 542. The Labute approximate surface area is 122 Å². The Balaban J connectivity index is 2.07. The molecule has 0 spiro atoms. The molecule has 0 radical (unpaired) electrons. The number of nitrogens with two attached hydrogens (primary N) is 1. The third kappa shape index (κ3) is 3.43. The van der Waals surface area contributed by atoms with E-state index < -0.39 is 0 Å². The standard InChI is InChI=1S/C13H18N4O2S/c1-3-19-8-9-20-13-16-15-12(17(13)14)10-4-6-11(18-2)7-5-10/h4-7H,3,8-9,14H2,1-2H3. The zero-order valence-electron chi connectivity index (χ0n) is 11.6. The summed E-state index contributed by atoms with van der Waals surface area (Å²) in [6, 6.07) is 7.54. The molecular weight excluding hydrogens is 276 g/mol. The number of aromatic nitrogens is 3. The number of methoxy groups -OCH3 is 1. The fourth-order valence-corrected chi connectivity index (χ4v) is 2.36. The zero-order valence-corrected chi connectivity index (χ0v) is 12.4. The first-order valence-electron chi connectivity index (χ1n) is 6.31. The van der Waals surface area contributed by atoms with Crippen molar-refractivity contribution in [2.75, 3.05) is 31.9 Å². The average molecular weight is 294 g/mol. The van der Waals surface area contributed by atoms with E-state index in [0.717, 1.165) is 17.1 Å². The van der Waals surface area contributed by atoms with Gasteiger partial charge in [-0.05, 0) is 31.2 Å². The highest BCUT2D eigenvalue weighted by atomic mass is 32.2. The number of benzene rings is 1. The van der Waals surface area contributed by atoms with E-state index in [1.807, 2.05) is 31.2 Å². The first-order valence-corrected chi connectivity index (χ1v) is 7.30. The lowest BCUT2D eigenvalue weighted by molar-refractivity contribution is 0.164. The van der Waals surface area contributed by atoms with Gasteiger partial charge in [0.25, 0.3) is 0 Å². The van der Waals surface area contributed by atoms with Crippen molar-refractivity contribution in [3.8, 4) is 17.1 Å². The minimum absolute atomic E-state index is 0.631. The van der Waals surface area contributed by atoms with Crippen LogP contribution >= 0.6 is 11.8 Å². The van der Waals surface area contributed by atoms with Crippen molar-refractivity contribution in [2.45, 2.75) is 12.1 Å². The van der Waals surface area contributed by atoms with E-state index in [1.165, 1.54) is 16.4 Å². The molecule has 0 aliphatic carbocycles. The van der Waals surface area contributed by atoms with Crippen LogP contribution in [0.2, 0.25) is 0 Å². The first-order chi connectivity index (χ1) is 9.76. The lowest BCUT2D eigenvalue weighted by Crippen LogP contribution is -2.12. The molecule has 2 rings (SSSR count). The van der Waals surface area contributed by atoms with Crippen LogP contribution in [0.15, 0.2) is 29.4 Å². The number of hydrogen-bond acceptors (Lipinski definition) is 6. The van der Waals surface area contributed by atoms with Gasteiger partial charge >= 0.3 is 0 Å². The number of nitrogens with zero attached hydrogens (tertiary/aromatic N) is 3. The van der Waals surface area contributed by atoms with Crippen LogP contribution in [0.25, 0.3) is 11.4 Å². The van der Waals surface area contributed by atoms with Gasteiger partial charge in [-0.25, -0.2) is 4.68 Å². The Hall–Kier alpha value is -1.73. The summed E-state index contributed by atoms with van der Waals surface area (Å²) in [7, 11) is 1.63. The summed E-state index contributed by atoms with van der Waals surface area (Å²) >= 11 is 1.52. The van der Waals surface area contributed by atoms with E-state index in [0.29, 0.717) is 24.2 Å². The van der Waals surface area contributed by atoms with Crippen LogP contribution < -0.4 is 10.6 Å². The third-order valence-electron chi connectivity index (χ3n) is 2.68. The molecule has 0 aliphatic heterocycles. The monoisotopic (exact) mass is 294 g/mol. The molecule has 1 aromatic heterocycles. The maximum absolute atomic E-state index is 6.02. The second-order valence-electron chi connectivity index (χ2n) is 3.95. The molecule has 20 heavy (non-hydrogen) atoms. The summed E-state index contributed by atoms with van der Waals surface area (Å²) in [6.07, 6.45) is 0. The summed E-state index contributed by atoms with van der Waals surface area (Å²) in [6.45, 7) is 3.36. The molecule has 2 N–H and O–H groups in total. The van der Waals surface area contributed by atoms with Crippen LogP contribution in [0.4, 0.5) is 0 Å². The van der Waals surface area contributed by atoms with Crippen molar-refractivity contribution in [1.29, 1.82) is 0 Å². The van der Waals surface area contributed by atoms with Crippen LogP contribution in [-0.4, -0.2) is 40.9 Å². The van der Waals surface area contributed by atoms with E-state index in [-0.39, 0.29) is 0 Å². The minimum Gasteiger partial charge on any atom is -0.497 e. The van der Waals surface area contributed by atoms with Crippen molar-refractivity contribution < 1.29 is 9.47 Å². The Morgan fingerprint density at radius 3 is 2.65 bits per heavy atom. The fourth-order valence-electron chi connectivity index (χ4n) is 1.65. The van der Waals surface area contributed by atoms with Gasteiger partial charge in [0.2, 0.25) is 5.16 Å². The van der Waals surface area contributed by atoms with E-state index in [9.17, 15) is 0 Å². The fraction of sp³-hybridized carbons (Fsp3) is 0.385. The summed E-state index contributed by atoms with van der Waals surface area (Å²) in [5, 5.41) is 8.90. The summed E-state index contributed by atoms with van der Waals surface area (Å²) in [4.78, 5) is 0. The van der Waals surface area contributed by atoms with E-state index in [1.54, 1.807) is 7.11 Å². The SMILES string of the molecule is CCOCCSc1nnc(-c2ccc(OC)cc2)n1N. The van der Waals surface area contributed by atoms with Crippen molar-refractivity contribution in [1.82, 2.24) is 14.9 Å². The number of rotatable bonds is 7. The smallest absolute Gasteiger partial charge is 0.210 e. The largest absolute Gasteiger partial charge is 0.497 e. The predicted octanol–water partition coefficient (Wildman–Crippen LogP) is 1.80. The number of ether oxygens (including phenoxy) is 2. The van der Waals surface area contributed by atoms with Crippen molar-refractivity contribution in [3.05, 3.63) is 24.3 Å². The lowest BCUT2D eigenvalue weighted by atomic mass is 10.2. The Morgan fingerprint density at radius 1 is 1.25 bits per heavy atom. The zero-order chi connectivity index (χ0) is 14.4. The van der Waals surface area contributed by atoms with Gasteiger partial charge in [0.05, 0.1) is 13.7 Å². The van der Waals surface area contributed by atoms with Crippen molar-refractivity contribution >= 4 is 11.8 Å². The molecule has 0 amide bonds. The van der Waals surface area contributed by atoms with Gasteiger partial charge in [-0.15, -0.1) is 10.2 Å².